The highest BCUT2D eigenvalue weighted by molar-refractivity contribution is 7.22. The molecule has 1 N–H and O–H groups in total. The van der Waals surface area contributed by atoms with Gasteiger partial charge < -0.3 is 9.68 Å². The van der Waals surface area contributed by atoms with E-state index in [1.54, 1.807) is 0 Å². The van der Waals surface area contributed by atoms with E-state index < -0.39 is 23.8 Å². The van der Waals surface area contributed by atoms with Crippen LogP contribution in [0.1, 0.15) is 0 Å². The molecule has 5 heteroatoms. The molecule has 0 aliphatic heterocycles. The van der Waals surface area contributed by atoms with Gasteiger partial charge in [0, 0.05) is 0 Å². The molecule has 0 heterocycles. The van der Waals surface area contributed by atoms with Gasteiger partial charge in [-0.25, -0.2) is 0 Å². The lowest BCUT2D eigenvalue weighted by Gasteiger charge is -2.38. The molecule has 0 bridgehead atoms. The minimum Gasteiger partial charge on any atom is -0.539 e. The minimum absolute atomic E-state index is 0.438. The monoisotopic (exact) mass is 790 g/mol. The normalized spacial score (nSPS) is 11.5. The number of rotatable bonds is 12. The minimum atomic E-state index is -3.14. The van der Waals surface area contributed by atoms with E-state index in [1.807, 2.05) is 0 Å². The van der Waals surface area contributed by atoms with Crippen LogP contribution >= 0.6 is 0 Å². The lowest BCUT2D eigenvalue weighted by Crippen LogP contribution is -2.78. The van der Waals surface area contributed by atoms with Gasteiger partial charge in [0.2, 0.25) is 0 Å². The van der Waals surface area contributed by atoms with Crippen molar-refractivity contribution in [2.24, 2.45) is 0 Å². The second-order valence-electron chi connectivity index (χ2n) is 14.9. The molecule has 0 atom stereocenters. The van der Waals surface area contributed by atoms with Crippen molar-refractivity contribution < 1.29 is 9.68 Å². The summed E-state index contributed by atoms with van der Waals surface area (Å²) < 4.78 is 6.28. The molecule has 0 aliphatic rings. The first-order valence-corrected chi connectivity index (χ1v) is 24.1. The van der Waals surface area contributed by atoms with Crippen LogP contribution in [0.4, 0.5) is 0 Å². The fourth-order valence-electron chi connectivity index (χ4n) is 9.07. The van der Waals surface area contributed by atoms with E-state index in [2.05, 4.69) is 249 Å². The van der Waals surface area contributed by atoms with Crippen LogP contribution in [0.2, 0.25) is 0 Å². The fourth-order valence-corrected chi connectivity index (χ4v) is 18.9. The third-order valence-corrected chi connectivity index (χ3v) is 21.1. The first-order valence-electron chi connectivity index (χ1n) is 20.1. The summed E-state index contributed by atoms with van der Waals surface area (Å²) in [5.41, 5.74) is 4.69. The van der Waals surface area contributed by atoms with E-state index in [-0.39, 0.29) is 0 Å². The molecule has 0 spiro atoms. The van der Waals surface area contributed by atoms with Crippen molar-refractivity contribution in [2.75, 3.05) is 0 Å². The van der Waals surface area contributed by atoms with Crippen LogP contribution in [-0.4, -0.2) is 28.9 Å². The van der Waals surface area contributed by atoms with E-state index in [0.717, 1.165) is 0 Å². The Balaban J connectivity index is 1.43. The molecule has 282 valence electrons. The van der Waals surface area contributed by atoms with E-state index in [4.69, 9.17) is 4.65 Å². The molecule has 0 fully saturated rings. The van der Waals surface area contributed by atoms with Crippen LogP contribution in [0.3, 0.4) is 0 Å². The summed E-state index contributed by atoms with van der Waals surface area (Å²) in [7, 11) is -6.72. The largest absolute Gasteiger partial charge is 0.539 e. The quantitative estimate of drug-likeness (QED) is 0.115. The van der Waals surface area contributed by atoms with Crippen molar-refractivity contribution in [3.05, 3.63) is 249 Å². The molecular formula is C54H43BO2Si2. The summed E-state index contributed by atoms with van der Waals surface area (Å²) in [4.78, 5) is 0. The maximum atomic E-state index is 10.5. The molecule has 0 aliphatic carbocycles. The molecule has 0 saturated carbocycles. The molecule has 9 aromatic rings. The first-order chi connectivity index (χ1) is 29.2. The Morgan fingerprint density at radius 1 is 0.271 bits per heavy atom. The first kappa shape index (κ1) is 37.8. The third-order valence-electron chi connectivity index (χ3n) is 11.6. The Labute approximate surface area is 350 Å². The third kappa shape index (κ3) is 7.10. The van der Waals surface area contributed by atoms with Gasteiger partial charge in [0.05, 0.1) is 5.75 Å². The van der Waals surface area contributed by atoms with Crippen LogP contribution < -0.4 is 46.1 Å². The number of benzene rings is 9. The molecule has 0 unspecified atom stereocenters. The van der Waals surface area contributed by atoms with Crippen molar-refractivity contribution in [3.8, 4) is 28.0 Å². The summed E-state index contributed by atoms with van der Waals surface area (Å²) in [6, 6.07) is 90.7. The molecule has 0 aromatic heterocycles. The standard InChI is InChI=1S/C54H43BO2Si2/c56-55-57-46-39-53(58(47-27-11-3-12-28-47,48-29-13-4-14-30-48)51-35-19-25-44(37-51)42-21-7-1-8-22-42)41-54(40-46)59(49-31-15-5-16-32-49,50-33-17-6-18-34-50)52-36-20-26-45(38-52)43-23-9-2-10-24-43/h1-41,55-56H. The van der Waals surface area contributed by atoms with Crippen molar-refractivity contribution in [1.82, 2.24) is 0 Å². The van der Waals surface area contributed by atoms with Crippen molar-refractivity contribution in [1.29, 1.82) is 0 Å². The summed E-state index contributed by atoms with van der Waals surface area (Å²) in [6.07, 6.45) is 0. The highest BCUT2D eigenvalue weighted by Gasteiger charge is 2.46. The van der Waals surface area contributed by atoms with Crippen LogP contribution in [-0.2, 0) is 0 Å². The Morgan fingerprint density at radius 2 is 0.559 bits per heavy atom. The van der Waals surface area contributed by atoms with Crippen LogP contribution in [0.25, 0.3) is 22.3 Å². The molecular weight excluding hydrogens is 748 g/mol. The fraction of sp³-hybridized carbons (Fsp3) is 0. The van der Waals surface area contributed by atoms with Gasteiger partial charge in [-0.2, -0.15) is 0 Å². The predicted molar refractivity (Wildman–Crippen MR) is 255 cm³/mol. The van der Waals surface area contributed by atoms with E-state index in [1.165, 1.54) is 63.7 Å². The maximum Gasteiger partial charge on any atom is 0.504 e. The highest BCUT2D eigenvalue weighted by Crippen LogP contribution is 2.23. The van der Waals surface area contributed by atoms with E-state index >= 15 is 0 Å². The molecule has 0 amide bonds. The van der Waals surface area contributed by atoms with Gasteiger partial charge >= 0.3 is 7.69 Å². The Morgan fingerprint density at radius 3 is 0.881 bits per heavy atom. The number of hydrogen-bond acceptors (Lipinski definition) is 2. The SMILES string of the molecule is OBOc1cc([Si](c2ccccc2)(c2ccccc2)c2cccc(-c3ccccc3)c2)cc([Si](c2ccccc2)(c2ccccc2)c2cccc(-c3ccccc3)c2)c1. The molecule has 0 radical (unpaired) electrons. The summed E-state index contributed by atoms with van der Waals surface area (Å²) in [6.45, 7) is 0. The molecule has 2 nitrogen and oxygen atoms in total. The number of hydrogen-bond donors (Lipinski definition) is 1. The van der Waals surface area contributed by atoms with Crippen LogP contribution in [0, 0.1) is 0 Å². The zero-order valence-corrected chi connectivity index (χ0v) is 34.7. The van der Waals surface area contributed by atoms with Gasteiger partial charge in [-0.3, -0.25) is 0 Å². The van der Waals surface area contributed by atoms with Crippen LogP contribution in [0.5, 0.6) is 5.75 Å². The van der Waals surface area contributed by atoms with Gasteiger partial charge in [0.25, 0.3) is 0 Å². The average Bonchev–Trinajstić information content (AvgIpc) is 3.32. The van der Waals surface area contributed by atoms with Gasteiger partial charge in [-0.1, -0.05) is 237 Å². The topological polar surface area (TPSA) is 29.5 Å². The predicted octanol–water partition coefficient (Wildman–Crippen LogP) is 6.41. The Hall–Kier alpha value is -6.76. The molecule has 9 rings (SSSR count). The molecule has 0 saturated heterocycles. The Bertz CT molecular complexity index is 2500. The zero-order chi connectivity index (χ0) is 39.9. The zero-order valence-electron chi connectivity index (χ0n) is 32.7. The summed E-state index contributed by atoms with van der Waals surface area (Å²) >= 11 is 0. The average molecular weight is 791 g/mol. The lowest BCUT2D eigenvalue weighted by atomic mass is 10.1. The molecule has 59 heavy (non-hydrogen) atoms. The lowest BCUT2D eigenvalue weighted by molar-refractivity contribution is 0.454. The molecule has 9 aromatic carbocycles. The second-order valence-corrected chi connectivity index (χ2v) is 22.5. The maximum absolute atomic E-state index is 10.5. The van der Waals surface area contributed by atoms with Gasteiger partial charge in [-0.15, -0.1) is 0 Å². The van der Waals surface area contributed by atoms with Crippen molar-refractivity contribution in [3.63, 3.8) is 0 Å². The highest BCUT2D eigenvalue weighted by atomic mass is 28.3. The van der Waals surface area contributed by atoms with Crippen molar-refractivity contribution in [2.45, 2.75) is 0 Å². The van der Waals surface area contributed by atoms with E-state index in [0.29, 0.717) is 5.75 Å². The van der Waals surface area contributed by atoms with Crippen LogP contribution in [0.15, 0.2) is 249 Å². The second kappa shape index (κ2) is 17.0. The smallest absolute Gasteiger partial charge is 0.504 e. The van der Waals surface area contributed by atoms with E-state index in [9.17, 15) is 5.02 Å². The Kier molecular flexibility index (Phi) is 10.9. The van der Waals surface area contributed by atoms with Crippen molar-refractivity contribution >= 4 is 65.3 Å². The van der Waals surface area contributed by atoms with Gasteiger partial charge in [-0.05, 0) is 75.9 Å². The summed E-state index contributed by atoms with van der Waals surface area (Å²) in [5.74, 6) is 0.644. The summed E-state index contributed by atoms with van der Waals surface area (Å²) in [5, 5.41) is 20.5. The van der Waals surface area contributed by atoms with Gasteiger partial charge in [0.15, 0.2) is 16.1 Å². The van der Waals surface area contributed by atoms with Gasteiger partial charge in [0.1, 0.15) is 0 Å².